The molecule has 1 aromatic carbocycles. The third-order valence-electron chi connectivity index (χ3n) is 3.31. The van der Waals surface area contributed by atoms with Gasteiger partial charge in [0.25, 0.3) is 0 Å². The van der Waals surface area contributed by atoms with Crippen LogP contribution in [0.25, 0.3) is 0 Å². The summed E-state index contributed by atoms with van der Waals surface area (Å²) in [7, 11) is -1.81. The fourth-order valence-corrected chi connectivity index (χ4v) is 2.15. The highest BCUT2D eigenvalue weighted by Crippen LogP contribution is 2.37. The minimum absolute atomic E-state index is 0.162. The first-order valence-corrected chi connectivity index (χ1v) is 8.49. The van der Waals surface area contributed by atoms with Crippen molar-refractivity contribution in [1.82, 2.24) is 0 Å². The molecule has 0 aliphatic heterocycles. The summed E-state index contributed by atoms with van der Waals surface area (Å²) in [6, 6.07) is 4.95. The summed E-state index contributed by atoms with van der Waals surface area (Å²) in [6.07, 6.45) is 0. The molecule has 0 spiro atoms. The zero-order valence-corrected chi connectivity index (χ0v) is 12.0. The van der Waals surface area contributed by atoms with E-state index in [1.54, 1.807) is 19.1 Å². The Morgan fingerprint density at radius 2 is 1.75 bits per heavy atom. The van der Waals surface area contributed by atoms with E-state index in [4.69, 9.17) is 4.43 Å². The number of hydrogen-bond donors (Lipinski definition) is 0. The highest BCUT2D eigenvalue weighted by molar-refractivity contribution is 6.74. The summed E-state index contributed by atoms with van der Waals surface area (Å²) in [5, 5.41) is 0.162. The lowest BCUT2D eigenvalue weighted by Crippen LogP contribution is -2.43. The van der Waals surface area contributed by atoms with Gasteiger partial charge in [0.2, 0.25) is 8.32 Å². The lowest BCUT2D eigenvalue weighted by molar-refractivity contribution is 0.489. The van der Waals surface area contributed by atoms with Crippen LogP contribution in [0.4, 0.5) is 4.39 Å². The van der Waals surface area contributed by atoms with Gasteiger partial charge in [-0.2, -0.15) is 0 Å². The van der Waals surface area contributed by atoms with Crippen LogP contribution in [0.2, 0.25) is 18.1 Å². The lowest BCUT2D eigenvalue weighted by Gasteiger charge is -2.36. The fraction of sp³-hybridized carbons (Fsp3) is 0.538. The van der Waals surface area contributed by atoms with Gasteiger partial charge in [-0.15, -0.1) is 0 Å². The molecule has 0 saturated carbocycles. The second-order valence-corrected chi connectivity index (χ2v) is 10.5. The highest BCUT2D eigenvalue weighted by Gasteiger charge is 2.38. The van der Waals surface area contributed by atoms with E-state index >= 15 is 0 Å². The molecule has 3 heteroatoms. The van der Waals surface area contributed by atoms with Crippen LogP contribution in [-0.4, -0.2) is 8.32 Å². The van der Waals surface area contributed by atoms with Crippen molar-refractivity contribution >= 4 is 8.32 Å². The molecular formula is C13H21FOSi. The van der Waals surface area contributed by atoms with Crippen LogP contribution in [-0.2, 0) is 0 Å². The first-order chi connectivity index (χ1) is 7.13. The van der Waals surface area contributed by atoms with E-state index in [1.807, 2.05) is 0 Å². The molecule has 0 bridgehead atoms. The van der Waals surface area contributed by atoms with Crippen LogP contribution in [0.5, 0.6) is 5.75 Å². The van der Waals surface area contributed by atoms with Crippen molar-refractivity contribution in [3.05, 3.63) is 29.6 Å². The van der Waals surface area contributed by atoms with Crippen molar-refractivity contribution in [2.75, 3.05) is 0 Å². The molecule has 0 radical (unpaired) electrons. The van der Waals surface area contributed by atoms with Gasteiger partial charge in [0, 0.05) is 0 Å². The molecule has 0 amide bonds. The SMILES string of the molecule is Cc1cc(O[Si](C)(C)C(C)(C)C)ccc1F. The van der Waals surface area contributed by atoms with Gasteiger partial charge in [-0.3, -0.25) is 0 Å². The normalized spacial score (nSPS) is 12.7. The number of aryl methyl sites for hydroxylation is 1. The molecule has 0 fully saturated rings. The molecular weight excluding hydrogens is 219 g/mol. The van der Waals surface area contributed by atoms with Crippen LogP contribution >= 0.6 is 0 Å². The smallest absolute Gasteiger partial charge is 0.250 e. The Morgan fingerprint density at radius 1 is 1.19 bits per heavy atom. The van der Waals surface area contributed by atoms with Crippen molar-refractivity contribution in [2.45, 2.75) is 45.8 Å². The van der Waals surface area contributed by atoms with E-state index in [-0.39, 0.29) is 10.9 Å². The average Bonchev–Trinajstić information content (AvgIpc) is 2.09. The molecule has 0 atom stereocenters. The maximum absolute atomic E-state index is 13.1. The monoisotopic (exact) mass is 240 g/mol. The predicted molar refractivity (Wildman–Crippen MR) is 69.0 cm³/mol. The van der Waals surface area contributed by atoms with Crippen molar-refractivity contribution in [1.29, 1.82) is 0 Å². The third-order valence-corrected chi connectivity index (χ3v) is 7.67. The van der Waals surface area contributed by atoms with Gasteiger partial charge in [-0.05, 0) is 48.8 Å². The molecule has 90 valence electrons. The second kappa shape index (κ2) is 4.21. The summed E-state index contributed by atoms with van der Waals surface area (Å²) in [5.41, 5.74) is 0.635. The van der Waals surface area contributed by atoms with Gasteiger partial charge in [0.05, 0.1) is 0 Å². The number of halogens is 1. The van der Waals surface area contributed by atoms with Crippen molar-refractivity contribution in [2.24, 2.45) is 0 Å². The van der Waals surface area contributed by atoms with E-state index in [1.165, 1.54) is 6.07 Å². The standard InChI is InChI=1S/C13H21FOSi/c1-10-9-11(7-8-12(10)14)15-16(5,6)13(2,3)4/h7-9H,1-6H3. The van der Waals surface area contributed by atoms with Crippen molar-refractivity contribution in [3.8, 4) is 5.75 Å². The fourth-order valence-electron chi connectivity index (χ4n) is 1.13. The molecule has 1 aromatic rings. The largest absolute Gasteiger partial charge is 0.543 e. The van der Waals surface area contributed by atoms with Crippen molar-refractivity contribution in [3.63, 3.8) is 0 Å². The first-order valence-electron chi connectivity index (χ1n) is 5.59. The molecule has 0 saturated heterocycles. The molecule has 16 heavy (non-hydrogen) atoms. The van der Waals surface area contributed by atoms with E-state index < -0.39 is 8.32 Å². The predicted octanol–water partition coefficient (Wildman–Crippen LogP) is 4.52. The Kier molecular flexibility index (Phi) is 3.48. The topological polar surface area (TPSA) is 9.23 Å². The Morgan fingerprint density at radius 3 is 2.19 bits per heavy atom. The summed E-state index contributed by atoms with van der Waals surface area (Å²) in [6.45, 7) is 12.7. The van der Waals surface area contributed by atoms with Crippen LogP contribution in [0.1, 0.15) is 26.3 Å². The van der Waals surface area contributed by atoms with Gasteiger partial charge in [-0.1, -0.05) is 20.8 Å². The van der Waals surface area contributed by atoms with Gasteiger partial charge in [0.1, 0.15) is 11.6 Å². The summed E-state index contributed by atoms with van der Waals surface area (Å²) in [4.78, 5) is 0. The molecule has 0 aliphatic rings. The Hall–Kier alpha value is -0.833. The zero-order chi connectivity index (χ0) is 12.6. The third kappa shape index (κ3) is 2.85. The van der Waals surface area contributed by atoms with Gasteiger partial charge >= 0.3 is 0 Å². The molecule has 1 rings (SSSR count). The van der Waals surface area contributed by atoms with Crippen LogP contribution in [0, 0.1) is 12.7 Å². The maximum atomic E-state index is 13.1. The van der Waals surface area contributed by atoms with E-state index in [0.717, 1.165) is 5.75 Å². The molecule has 0 unspecified atom stereocenters. The highest BCUT2D eigenvalue weighted by atomic mass is 28.4. The quantitative estimate of drug-likeness (QED) is 0.691. The average molecular weight is 240 g/mol. The van der Waals surface area contributed by atoms with E-state index in [0.29, 0.717) is 5.56 Å². The number of rotatable bonds is 2. The Bertz CT molecular complexity index is 380. The Balaban J connectivity index is 2.93. The van der Waals surface area contributed by atoms with Crippen LogP contribution < -0.4 is 4.43 Å². The van der Waals surface area contributed by atoms with Crippen molar-refractivity contribution < 1.29 is 8.82 Å². The second-order valence-electron chi connectivity index (χ2n) is 5.77. The Labute approximate surface area is 98.8 Å². The van der Waals surface area contributed by atoms with Gasteiger partial charge < -0.3 is 4.43 Å². The molecule has 0 heterocycles. The molecule has 0 aromatic heterocycles. The van der Waals surface area contributed by atoms with Gasteiger partial charge in [-0.25, -0.2) is 4.39 Å². The van der Waals surface area contributed by atoms with Crippen LogP contribution in [0.3, 0.4) is 0 Å². The zero-order valence-electron chi connectivity index (χ0n) is 11.0. The summed E-state index contributed by atoms with van der Waals surface area (Å²) in [5.74, 6) is 0.605. The van der Waals surface area contributed by atoms with Gasteiger partial charge in [0.15, 0.2) is 0 Å². The van der Waals surface area contributed by atoms with Crippen LogP contribution in [0.15, 0.2) is 18.2 Å². The summed E-state index contributed by atoms with van der Waals surface area (Å²) >= 11 is 0. The minimum atomic E-state index is -1.81. The first kappa shape index (κ1) is 13.2. The number of benzene rings is 1. The summed E-state index contributed by atoms with van der Waals surface area (Å²) < 4.78 is 19.2. The lowest BCUT2D eigenvalue weighted by atomic mass is 10.2. The number of hydrogen-bond acceptors (Lipinski definition) is 1. The van der Waals surface area contributed by atoms with E-state index in [2.05, 4.69) is 33.9 Å². The molecule has 0 N–H and O–H groups in total. The minimum Gasteiger partial charge on any atom is -0.543 e. The maximum Gasteiger partial charge on any atom is 0.250 e. The molecule has 0 aliphatic carbocycles. The van der Waals surface area contributed by atoms with E-state index in [9.17, 15) is 4.39 Å². The molecule has 1 nitrogen and oxygen atoms in total.